The second kappa shape index (κ2) is 12.1. The van der Waals surface area contributed by atoms with Crippen LogP contribution in [-0.2, 0) is 14.3 Å². The van der Waals surface area contributed by atoms with E-state index in [4.69, 9.17) is 9.47 Å². The number of ether oxygens (including phenoxy) is 2. The number of hydrogen-bond acceptors (Lipinski definition) is 7. The molecule has 0 aliphatic carbocycles. The number of aliphatic hydroxyl groups is 1. The zero-order chi connectivity index (χ0) is 25.5. The molecule has 0 bridgehead atoms. The zero-order valence-corrected chi connectivity index (χ0v) is 20.7. The molecule has 1 atom stereocenters. The maximum absolute atomic E-state index is 13.2. The third-order valence-corrected chi connectivity index (χ3v) is 6.58. The summed E-state index contributed by atoms with van der Waals surface area (Å²) in [7, 11) is 0. The fourth-order valence-corrected chi connectivity index (χ4v) is 4.66. The molecule has 8 heteroatoms. The van der Waals surface area contributed by atoms with Crippen molar-refractivity contribution in [2.75, 3.05) is 46.0 Å². The fraction of sp³-hybridized carbons (Fsp3) is 0.429. The van der Waals surface area contributed by atoms with Gasteiger partial charge in [0.05, 0.1) is 31.4 Å². The first kappa shape index (κ1) is 25.7. The van der Waals surface area contributed by atoms with Gasteiger partial charge >= 0.3 is 0 Å². The van der Waals surface area contributed by atoms with Crippen LogP contribution in [0.4, 0.5) is 0 Å². The number of hydrogen-bond donors (Lipinski definition) is 2. The third-order valence-electron chi connectivity index (χ3n) is 6.58. The largest absolute Gasteiger partial charge is 0.508 e. The summed E-state index contributed by atoms with van der Waals surface area (Å²) < 4.78 is 11.2. The molecule has 8 nitrogen and oxygen atoms in total. The lowest BCUT2D eigenvalue weighted by molar-refractivity contribution is -0.140. The van der Waals surface area contributed by atoms with Crippen molar-refractivity contribution in [2.45, 2.75) is 32.2 Å². The first-order valence-corrected chi connectivity index (χ1v) is 12.6. The molecular formula is C28H34N2O6. The minimum atomic E-state index is -0.800. The number of likely N-dealkylation sites (tertiary alicyclic amines) is 1. The molecule has 0 radical (unpaired) electrons. The summed E-state index contributed by atoms with van der Waals surface area (Å²) in [5.41, 5.74) is 0.987. The number of carbonyl (C=O) groups excluding carboxylic acids is 2. The van der Waals surface area contributed by atoms with Gasteiger partial charge in [0.1, 0.15) is 17.3 Å². The molecule has 2 N–H and O–H groups in total. The van der Waals surface area contributed by atoms with Gasteiger partial charge in [-0.1, -0.05) is 37.6 Å². The average Bonchev–Trinajstić information content (AvgIpc) is 3.14. The number of unbranched alkanes of at least 4 members (excludes halogenated alkanes) is 1. The highest BCUT2D eigenvalue weighted by Crippen LogP contribution is 2.40. The highest BCUT2D eigenvalue weighted by molar-refractivity contribution is 6.46. The standard InChI is InChI=1S/C28H34N2O6/c1-2-3-15-36-23-10-5-8-21(19-23)26(32)24-25(20-7-4-9-22(31)18-20)30(28(34)27(24)33)12-6-11-29-13-16-35-17-14-29/h4-5,7-10,18-19,25,31-32H,2-3,6,11-17H2,1H3/b26-24+. The summed E-state index contributed by atoms with van der Waals surface area (Å²) in [4.78, 5) is 30.2. The number of rotatable bonds is 10. The van der Waals surface area contributed by atoms with E-state index in [0.717, 1.165) is 32.5 Å². The predicted octanol–water partition coefficient (Wildman–Crippen LogP) is 3.72. The summed E-state index contributed by atoms with van der Waals surface area (Å²) in [6.07, 6.45) is 2.57. The van der Waals surface area contributed by atoms with Gasteiger partial charge in [0.2, 0.25) is 0 Å². The zero-order valence-electron chi connectivity index (χ0n) is 20.7. The molecule has 2 heterocycles. The average molecular weight is 495 g/mol. The van der Waals surface area contributed by atoms with Crippen LogP contribution in [0.3, 0.4) is 0 Å². The topological polar surface area (TPSA) is 99.5 Å². The van der Waals surface area contributed by atoms with Crippen molar-refractivity contribution in [1.29, 1.82) is 0 Å². The molecule has 192 valence electrons. The molecule has 2 fully saturated rings. The summed E-state index contributed by atoms with van der Waals surface area (Å²) in [6, 6.07) is 12.6. The maximum Gasteiger partial charge on any atom is 0.295 e. The molecular weight excluding hydrogens is 460 g/mol. The highest BCUT2D eigenvalue weighted by atomic mass is 16.5. The molecule has 0 spiro atoms. The molecule has 2 aliphatic heterocycles. The molecule has 1 unspecified atom stereocenters. The SMILES string of the molecule is CCCCOc1cccc(/C(O)=C2\C(=O)C(=O)N(CCCN3CCOCC3)C2c2cccc(O)c2)c1. The van der Waals surface area contributed by atoms with Crippen LogP contribution in [0.5, 0.6) is 11.5 Å². The quantitative estimate of drug-likeness (QED) is 0.225. The summed E-state index contributed by atoms with van der Waals surface area (Å²) in [6.45, 7) is 6.81. The monoisotopic (exact) mass is 494 g/mol. The van der Waals surface area contributed by atoms with E-state index < -0.39 is 17.7 Å². The lowest BCUT2D eigenvalue weighted by Gasteiger charge is -2.29. The minimum Gasteiger partial charge on any atom is -0.508 e. The maximum atomic E-state index is 13.2. The smallest absolute Gasteiger partial charge is 0.295 e. The van der Waals surface area contributed by atoms with E-state index in [1.807, 2.05) is 0 Å². The molecule has 2 aliphatic rings. The Labute approximate surface area is 211 Å². The number of ketones is 1. The first-order chi connectivity index (χ1) is 17.5. The van der Waals surface area contributed by atoms with Gasteiger partial charge in [-0.3, -0.25) is 14.5 Å². The molecule has 2 aromatic carbocycles. The van der Waals surface area contributed by atoms with E-state index >= 15 is 0 Å². The van der Waals surface area contributed by atoms with E-state index in [-0.39, 0.29) is 17.1 Å². The molecule has 0 aromatic heterocycles. The van der Waals surface area contributed by atoms with Crippen molar-refractivity contribution in [3.63, 3.8) is 0 Å². The lowest BCUT2D eigenvalue weighted by Crippen LogP contribution is -2.38. The van der Waals surface area contributed by atoms with Gasteiger partial charge in [0, 0.05) is 31.7 Å². The van der Waals surface area contributed by atoms with Crippen LogP contribution < -0.4 is 4.74 Å². The number of phenolic OH excluding ortho intramolecular Hbond substituents is 1. The van der Waals surface area contributed by atoms with Crippen molar-refractivity contribution < 1.29 is 29.3 Å². The predicted molar refractivity (Wildman–Crippen MR) is 136 cm³/mol. The normalized spacial score (nSPS) is 20.1. The lowest BCUT2D eigenvalue weighted by atomic mass is 9.95. The number of phenols is 1. The van der Waals surface area contributed by atoms with Crippen LogP contribution in [0.1, 0.15) is 43.4 Å². The van der Waals surface area contributed by atoms with Crippen LogP contribution in [0.25, 0.3) is 5.76 Å². The highest BCUT2D eigenvalue weighted by Gasteiger charge is 2.46. The Bertz CT molecular complexity index is 1110. The van der Waals surface area contributed by atoms with Gasteiger partial charge in [-0.25, -0.2) is 0 Å². The summed E-state index contributed by atoms with van der Waals surface area (Å²) in [5.74, 6) is -1.02. The number of aliphatic hydroxyl groups excluding tert-OH is 1. The number of amides is 1. The second-order valence-electron chi connectivity index (χ2n) is 9.12. The van der Waals surface area contributed by atoms with E-state index in [9.17, 15) is 19.8 Å². The van der Waals surface area contributed by atoms with E-state index in [1.165, 1.54) is 17.0 Å². The van der Waals surface area contributed by atoms with Crippen molar-refractivity contribution >= 4 is 17.4 Å². The number of Topliss-reactive ketones (excluding diaryl/α,β-unsaturated/α-hetero) is 1. The van der Waals surface area contributed by atoms with Crippen LogP contribution in [0, 0.1) is 0 Å². The Morgan fingerprint density at radius 3 is 2.58 bits per heavy atom. The van der Waals surface area contributed by atoms with Crippen LogP contribution >= 0.6 is 0 Å². The van der Waals surface area contributed by atoms with Gasteiger partial charge in [-0.15, -0.1) is 0 Å². The number of benzene rings is 2. The first-order valence-electron chi connectivity index (χ1n) is 12.6. The van der Waals surface area contributed by atoms with Crippen LogP contribution in [0.15, 0.2) is 54.1 Å². The Morgan fingerprint density at radius 2 is 1.83 bits per heavy atom. The number of carbonyl (C=O) groups is 2. The Kier molecular flexibility index (Phi) is 8.61. The molecule has 36 heavy (non-hydrogen) atoms. The number of morpholine rings is 1. The van der Waals surface area contributed by atoms with Gasteiger partial charge in [-0.05, 0) is 42.7 Å². The number of aromatic hydroxyl groups is 1. The molecule has 2 saturated heterocycles. The Balaban J connectivity index is 1.64. The third kappa shape index (κ3) is 5.88. The van der Waals surface area contributed by atoms with Crippen molar-refractivity contribution in [3.05, 3.63) is 65.2 Å². The molecule has 0 saturated carbocycles. The molecule has 1 amide bonds. The summed E-state index contributed by atoms with van der Waals surface area (Å²) >= 11 is 0. The van der Waals surface area contributed by atoms with Gasteiger partial charge < -0.3 is 24.6 Å². The minimum absolute atomic E-state index is 0.0164. The number of nitrogens with zero attached hydrogens (tertiary/aromatic N) is 2. The Hall–Kier alpha value is -3.36. The van der Waals surface area contributed by atoms with Gasteiger partial charge in [0.25, 0.3) is 11.7 Å². The van der Waals surface area contributed by atoms with Crippen molar-refractivity contribution in [3.8, 4) is 11.5 Å². The van der Waals surface area contributed by atoms with Gasteiger partial charge in [-0.2, -0.15) is 0 Å². The van der Waals surface area contributed by atoms with E-state index in [0.29, 0.717) is 49.7 Å². The van der Waals surface area contributed by atoms with Crippen LogP contribution in [-0.4, -0.2) is 77.7 Å². The van der Waals surface area contributed by atoms with Crippen molar-refractivity contribution in [2.24, 2.45) is 0 Å². The van der Waals surface area contributed by atoms with E-state index in [1.54, 1.807) is 36.4 Å². The Morgan fingerprint density at radius 1 is 1.06 bits per heavy atom. The van der Waals surface area contributed by atoms with E-state index in [2.05, 4.69) is 11.8 Å². The molecule has 2 aromatic rings. The van der Waals surface area contributed by atoms with Gasteiger partial charge in [0.15, 0.2) is 0 Å². The summed E-state index contributed by atoms with van der Waals surface area (Å²) in [5, 5.41) is 21.4. The second-order valence-corrected chi connectivity index (χ2v) is 9.12. The van der Waals surface area contributed by atoms with Crippen LogP contribution in [0.2, 0.25) is 0 Å². The fourth-order valence-electron chi connectivity index (χ4n) is 4.66. The van der Waals surface area contributed by atoms with Crippen molar-refractivity contribution in [1.82, 2.24) is 9.80 Å². The molecule has 4 rings (SSSR count).